The Kier molecular flexibility index (Phi) is 5.96. The minimum Gasteiger partial charge on any atom is -0.452 e. The summed E-state index contributed by atoms with van der Waals surface area (Å²) in [6, 6.07) is 11.5. The fourth-order valence-electron chi connectivity index (χ4n) is 2.63. The lowest BCUT2D eigenvalue weighted by atomic mass is 10.1. The van der Waals surface area contributed by atoms with E-state index in [2.05, 4.69) is 10.6 Å². The van der Waals surface area contributed by atoms with Crippen molar-refractivity contribution in [3.8, 4) is 0 Å². The van der Waals surface area contributed by atoms with Gasteiger partial charge < -0.3 is 20.3 Å². The Bertz CT molecular complexity index is 923. The van der Waals surface area contributed by atoms with Crippen molar-refractivity contribution in [1.29, 1.82) is 0 Å². The molecule has 0 bridgehead atoms. The zero-order valence-electron chi connectivity index (χ0n) is 16.2. The second-order valence-corrected chi connectivity index (χ2v) is 6.97. The molecule has 9 heteroatoms. The van der Waals surface area contributed by atoms with E-state index in [4.69, 9.17) is 4.74 Å². The van der Waals surface area contributed by atoms with E-state index in [0.717, 1.165) is 24.6 Å². The SMILES string of the molecule is CN(C)c1ccc(NC(=O)COC(=O)c2ccc(NC3CC3)c([N+](=O)[O-])c2)cc1. The van der Waals surface area contributed by atoms with Crippen LogP contribution >= 0.6 is 0 Å². The van der Waals surface area contributed by atoms with E-state index in [-0.39, 0.29) is 17.3 Å². The molecule has 0 radical (unpaired) electrons. The Morgan fingerprint density at radius 2 is 1.86 bits per heavy atom. The first-order valence-electron chi connectivity index (χ1n) is 9.13. The Labute approximate surface area is 167 Å². The smallest absolute Gasteiger partial charge is 0.338 e. The topological polar surface area (TPSA) is 114 Å². The molecular weight excluding hydrogens is 376 g/mol. The second-order valence-electron chi connectivity index (χ2n) is 6.97. The minimum absolute atomic E-state index is 0.0150. The molecule has 29 heavy (non-hydrogen) atoms. The Hall–Kier alpha value is -3.62. The molecule has 0 saturated heterocycles. The van der Waals surface area contributed by atoms with E-state index >= 15 is 0 Å². The minimum atomic E-state index is -0.802. The average molecular weight is 398 g/mol. The molecule has 0 aliphatic heterocycles. The zero-order valence-corrected chi connectivity index (χ0v) is 16.2. The number of amides is 1. The van der Waals surface area contributed by atoms with Gasteiger partial charge in [-0.05, 0) is 49.2 Å². The van der Waals surface area contributed by atoms with Gasteiger partial charge in [-0.2, -0.15) is 0 Å². The van der Waals surface area contributed by atoms with Crippen LogP contribution in [0, 0.1) is 10.1 Å². The molecule has 3 rings (SSSR count). The van der Waals surface area contributed by atoms with E-state index in [1.807, 2.05) is 31.1 Å². The number of rotatable bonds is 8. The summed E-state index contributed by atoms with van der Waals surface area (Å²) in [5.41, 5.74) is 1.74. The third-order valence-electron chi connectivity index (χ3n) is 4.37. The summed E-state index contributed by atoms with van der Waals surface area (Å²) >= 11 is 0. The predicted octanol–water partition coefficient (Wildman–Crippen LogP) is 3.03. The van der Waals surface area contributed by atoms with Gasteiger partial charge in [-0.1, -0.05) is 0 Å². The number of nitro groups is 1. The molecule has 1 aliphatic rings. The monoisotopic (exact) mass is 398 g/mol. The van der Waals surface area contributed by atoms with Gasteiger partial charge in [0.2, 0.25) is 0 Å². The zero-order chi connectivity index (χ0) is 21.0. The first kappa shape index (κ1) is 20.1. The maximum Gasteiger partial charge on any atom is 0.338 e. The molecular formula is C20H22N4O5. The number of hydrogen-bond donors (Lipinski definition) is 2. The molecule has 152 valence electrons. The van der Waals surface area contributed by atoms with Crippen molar-refractivity contribution in [3.05, 3.63) is 58.1 Å². The standard InChI is InChI=1S/C20H22N4O5/c1-23(2)16-8-6-15(7-9-16)22-19(25)12-29-20(26)13-3-10-17(21-14-4-5-14)18(11-13)24(27)28/h3,6-11,14,21H,4-5,12H2,1-2H3,(H,22,25). The van der Waals surface area contributed by atoms with Crippen LogP contribution in [-0.2, 0) is 9.53 Å². The van der Waals surface area contributed by atoms with Gasteiger partial charge >= 0.3 is 5.97 Å². The van der Waals surface area contributed by atoms with Crippen molar-refractivity contribution in [2.24, 2.45) is 0 Å². The van der Waals surface area contributed by atoms with Crippen molar-refractivity contribution >= 4 is 34.6 Å². The molecule has 1 fully saturated rings. The van der Waals surface area contributed by atoms with Crippen molar-refractivity contribution in [3.63, 3.8) is 0 Å². The first-order valence-corrected chi connectivity index (χ1v) is 9.13. The van der Waals surface area contributed by atoms with Gasteiger partial charge in [-0.15, -0.1) is 0 Å². The number of nitrogens with zero attached hydrogens (tertiary/aromatic N) is 2. The molecule has 1 saturated carbocycles. The van der Waals surface area contributed by atoms with Gasteiger partial charge in [0, 0.05) is 37.6 Å². The number of carbonyl (C=O) groups is 2. The first-order chi connectivity index (χ1) is 13.8. The largest absolute Gasteiger partial charge is 0.452 e. The highest BCUT2D eigenvalue weighted by Gasteiger charge is 2.26. The maximum absolute atomic E-state index is 12.2. The van der Waals surface area contributed by atoms with Crippen molar-refractivity contribution < 1.29 is 19.2 Å². The second kappa shape index (κ2) is 8.59. The van der Waals surface area contributed by atoms with Gasteiger partial charge in [0.15, 0.2) is 6.61 Å². The molecule has 0 spiro atoms. The van der Waals surface area contributed by atoms with Crippen LogP contribution in [0.2, 0.25) is 0 Å². The van der Waals surface area contributed by atoms with Gasteiger partial charge in [0.25, 0.3) is 11.6 Å². The third kappa shape index (κ3) is 5.44. The lowest BCUT2D eigenvalue weighted by Gasteiger charge is -2.13. The number of anilines is 3. The van der Waals surface area contributed by atoms with Crippen LogP contribution in [0.15, 0.2) is 42.5 Å². The summed E-state index contributed by atoms with van der Waals surface area (Å²) in [4.78, 5) is 36.9. The quantitative estimate of drug-likeness (QED) is 0.399. The Balaban J connectivity index is 1.57. The van der Waals surface area contributed by atoms with E-state index < -0.39 is 23.4 Å². The molecule has 1 amide bonds. The molecule has 0 atom stereocenters. The fraction of sp³-hybridized carbons (Fsp3) is 0.300. The van der Waals surface area contributed by atoms with Crippen molar-refractivity contribution in [2.75, 3.05) is 36.2 Å². The third-order valence-corrected chi connectivity index (χ3v) is 4.37. The summed E-state index contributed by atoms with van der Waals surface area (Å²) in [5.74, 6) is -1.30. The Morgan fingerprint density at radius 1 is 1.17 bits per heavy atom. The fourth-order valence-corrected chi connectivity index (χ4v) is 2.63. The molecule has 0 heterocycles. The van der Waals surface area contributed by atoms with Crippen molar-refractivity contribution in [1.82, 2.24) is 0 Å². The van der Waals surface area contributed by atoms with Crippen LogP contribution in [0.4, 0.5) is 22.7 Å². The number of carbonyl (C=O) groups excluding carboxylic acids is 2. The highest BCUT2D eigenvalue weighted by atomic mass is 16.6. The normalized spacial score (nSPS) is 12.8. The number of hydrogen-bond acceptors (Lipinski definition) is 7. The Morgan fingerprint density at radius 3 is 2.45 bits per heavy atom. The summed E-state index contributed by atoms with van der Waals surface area (Å²) in [6.45, 7) is -0.496. The van der Waals surface area contributed by atoms with Gasteiger partial charge in [0.05, 0.1) is 10.5 Å². The number of nitro benzene ring substituents is 1. The molecule has 2 aromatic rings. The predicted molar refractivity (Wildman–Crippen MR) is 109 cm³/mol. The highest BCUT2D eigenvalue weighted by molar-refractivity contribution is 5.96. The molecule has 1 aliphatic carbocycles. The average Bonchev–Trinajstić information content (AvgIpc) is 3.50. The van der Waals surface area contributed by atoms with Crippen LogP contribution in [0.1, 0.15) is 23.2 Å². The van der Waals surface area contributed by atoms with Crippen LogP contribution in [0.5, 0.6) is 0 Å². The summed E-state index contributed by atoms with van der Waals surface area (Å²) in [7, 11) is 3.82. The van der Waals surface area contributed by atoms with E-state index in [1.54, 1.807) is 12.1 Å². The molecule has 0 unspecified atom stereocenters. The van der Waals surface area contributed by atoms with Crippen molar-refractivity contribution in [2.45, 2.75) is 18.9 Å². The molecule has 9 nitrogen and oxygen atoms in total. The van der Waals surface area contributed by atoms with E-state index in [1.165, 1.54) is 12.1 Å². The highest BCUT2D eigenvalue weighted by Crippen LogP contribution is 2.31. The maximum atomic E-state index is 12.2. The molecule has 0 aromatic heterocycles. The number of esters is 1. The molecule has 2 N–H and O–H groups in total. The van der Waals surface area contributed by atoms with E-state index in [9.17, 15) is 19.7 Å². The lowest BCUT2D eigenvalue weighted by Crippen LogP contribution is -2.21. The lowest BCUT2D eigenvalue weighted by molar-refractivity contribution is -0.384. The van der Waals surface area contributed by atoms with Gasteiger partial charge in [0.1, 0.15) is 5.69 Å². The van der Waals surface area contributed by atoms with E-state index in [0.29, 0.717) is 11.4 Å². The van der Waals surface area contributed by atoms with Crippen LogP contribution in [0.3, 0.4) is 0 Å². The van der Waals surface area contributed by atoms with Gasteiger partial charge in [-0.3, -0.25) is 14.9 Å². The van der Waals surface area contributed by atoms with Crippen LogP contribution in [0.25, 0.3) is 0 Å². The summed E-state index contributed by atoms with van der Waals surface area (Å²) in [6.07, 6.45) is 1.93. The summed E-state index contributed by atoms with van der Waals surface area (Å²) in [5, 5.41) is 17.0. The van der Waals surface area contributed by atoms with Gasteiger partial charge in [-0.25, -0.2) is 4.79 Å². The summed E-state index contributed by atoms with van der Waals surface area (Å²) < 4.78 is 4.99. The number of nitrogens with one attached hydrogen (secondary N) is 2. The van der Waals surface area contributed by atoms with Crippen LogP contribution < -0.4 is 15.5 Å². The number of ether oxygens (including phenoxy) is 1. The number of benzene rings is 2. The molecule has 2 aromatic carbocycles. The van der Waals surface area contributed by atoms with Crippen LogP contribution in [-0.4, -0.2) is 43.5 Å².